The highest BCUT2D eigenvalue weighted by Crippen LogP contribution is 2.25. The number of Topliss-reactive ketones (excluding diaryl/α,β-unsaturated/α-hetero) is 1. The topological polar surface area (TPSA) is 20.3 Å². The van der Waals surface area contributed by atoms with Crippen molar-refractivity contribution in [2.45, 2.75) is 33.7 Å². The molecule has 0 saturated heterocycles. The Labute approximate surface area is 109 Å². The van der Waals surface area contributed by atoms with E-state index >= 15 is 0 Å². The van der Waals surface area contributed by atoms with E-state index in [-0.39, 0.29) is 5.78 Å². The van der Waals surface area contributed by atoms with E-state index in [9.17, 15) is 4.79 Å². The Balaban J connectivity index is 3.01. The van der Waals surface area contributed by atoms with Crippen molar-refractivity contribution in [2.24, 2.45) is 5.92 Å². The van der Waals surface area contributed by atoms with Crippen molar-refractivity contribution in [3.8, 4) is 0 Å². The van der Waals surface area contributed by atoms with Crippen LogP contribution in [0.1, 0.15) is 38.1 Å². The lowest BCUT2D eigenvalue weighted by molar-refractivity contribution is 0.101. The third kappa shape index (κ3) is 3.22. The molecule has 0 amide bonds. The van der Waals surface area contributed by atoms with Crippen molar-refractivity contribution in [3.63, 3.8) is 0 Å². The summed E-state index contributed by atoms with van der Waals surface area (Å²) in [7, 11) is 2.05. The Bertz CT molecular complexity index is 415. The minimum absolute atomic E-state index is 0.00103. The van der Waals surface area contributed by atoms with E-state index in [1.807, 2.05) is 19.2 Å². The van der Waals surface area contributed by atoms with Gasteiger partial charge in [0.1, 0.15) is 0 Å². The standard InChI is InChI=1S/C14H20ClNO/c1-9(2)10(3)16(5)12-6-7-13(11(4)17)14(15)8-12/h6-10H,1-5H3. The molecule has 0 fully saturated rings. The van der Waals surface area contributed by atoms with Crippen molar-refractivity contribution in [3.05, 3.63) is 28.8 Å². The molecule has 0 saturated carbocycles. The van der Waals surface area contributed by atoms with Crippen LogP contribution >= 0.6 is 11.6 Å². The van der Waals surface area contributed by atoms with Gasteiger partial charge in [0.05, 0.1) is 5.02 Å². The second kappa shape index (κ2) is 5.54. The molecule has 1 rings (SSSR count). The lowest BCUT2D eigenvalue weighted by Crippen LogP contribution is -2.33. The molecule has 0 aromatic heterocycles. The zero-order chi connectivity index (χ0) is 13.2. The van der Waals surface area contributed by atoms with E-state index in [4.69, 9.17) is 11.6 Å². The molecule has 0 aliphatic heterocycles. The molecule has 0 N–H and O–H groups in total. The number of hydrogen-bond donors (Lipinski definition) is 0. The Morgan fingerprint density at radius 3 is 2.29 bits per heavy atom. The first-order chi connectivity index (χ1) is 7.84. The molecule has 94 valence electrons. The van der Waals surface area contributed by atoms with Crippen LogP contribution in [0.2, 0.25) is 5.02 Å². The predicted octanol–water partition coefficient (Wildman–Crippen LogP) is 4.02. The monoisotopic (exact) mass is 253 g/mol. The van der Waals surface area contributed by atoms with E-state index in [1.54, 1.807) is 6.07 Å². The summed E-state index contributed by atoms with van der Waals surface area (Å²) in [6.07, 6.45) is 0. The quantitative estimate of drug-likeness (QED) is 0.756. The number of halogens is 1. The van der Waals surface area contributed by atoms with Crippen molar-refractivity contribution < 1.29 is 4.79 Å². The lowest BCUT2D eigenvalue weighted by atomic mass is 10.0. The summed E-state index contributed by atoms with van der Waals surface area (Å²) in [6, 6.07) is 6.02. The Kier molecular flexibility index (Phi) is 4.58. The van der Waals surface area contributed by atoms with Crippen molar-refractivity contribution >= 4 is 23.1 Å². The molecule has 0 bridgehead atoms. The average Bonchev–Trinajstić information content (AvgIpc) is 2.26. The van der Waals surface area contributed by atoms with E-state index < -0.39 is 0 Å². The van der Waals surface area contributed by atoms with Crippen molar-refractivity contribution in [1.82, 2.24) is 0 Å². The number of ketones is 1. The minimum Gasteiger partial charge on any atom is -0.372 e. The van der Waals surface area contributed by atoms with Gasteiger partial charge in [-0.05, 0) is 38.0 Å². The smallest absolute Gasteiger partial charge is 0.161 e. The molecule has 1 aromatic rings. The van der Waals surface area contributed by atoms with Gasteiger partial charge in [0.25, 0.3) is 0 Å². The second-order valence-electron chi connectivity index (χ2n) is 4.82. The number of carbonyl (C=O) groups excluding carboxylic acids is 1. The van der Waals surface area contributed by atoms with Crippen molar-refractivity contribution in [2.75, 3.05) is 11.9 Å². The summed E-state index contributed by atoms with van der Waals surface area (Å²) in [6.45, 7) is 8.08. The number of hydrogen-bond acceptors (Lipinski definition) is 2. The molecule has 0 aliphatic carbocycles. The van der Waals surface area contributed by atoms with Crippen LogP contribution in [0.5, 0.6) is 0 Å². The van der Waals surface area contributed by atoms with Gasteiger partial charge in [0.2, 0.25) is 0 Å². The number of nitrogens with zero attached hydrogens (tertiary/aromatic N) is 1. The third-order valence-corrected chi connectivity index (χ3v) is 3.63. The van der Waals surface area contributed by atoms with Gasteiger partial charge in [-0.15, -0.1) is 0 Å². The SMILES string of the molecule is CC(=O)c1ccc(N(C)C(C)C(C)C)cc1Cl. The van der Waals surface area contributed by atoms with Crippen LogP contribution in [-0.4, -0.2) is 18.9 Å². The van der Waals surface area contributed by atoms with Gasteiger partial charge >= 0.3 is 0 Å². The maximum atomic E-state index is 11.3. The first-order valence-electron chi connectivity index (χ1n) is 5.88. The summed E-state index contributed by atoms with van der Waals surface area (Å²) in [5, 5.41) is 0.526. The number of benzene rings is 1. The molecule has 17 heavy (non-hydrogen) atoms. The lowest BCUT2D eigenvalue weighted by Gasteiger charge is -2.30. The van der Waals surface area contributed by atoms with Gasteiger partial charge in [0.15, 0.2) is 5.78 Å². The maximum absolute atomic E-state index is 11.3. The molecule has 0 heterocycles. The molecule has 0 spiro atoms. The van der Waals surface area contributed by atoms with Crippen LogP contribution in [0.25, 0.3) is 0 Å². The maximum Gasteiger partial charge on any atom is 0.161 e. The van der Waals surface area contributed by atoms with Crippen molar-refractivity contribution in [1.29, 1.82) is 0 Å². The molecule has 0 radical (unpaired) electrons. The number of carbonyl (C=O) groups is 1. The zero-order valence-corrected chi connectivity index (χ0v) is 11.9. The van der Waals surface area contributed by atoms with E-state index in [0.29, 0.717) is 22.5 Å². The van der Waals surface area contributed by atoms with Gasteiger partial charge in [-0.1, -0.05) is 25.4 Å². The number of rotatable bonds is 4. The molecule has 1 aromatic carbocycles. The molecular weight excluding hydrogens is 234 g/mol. The second-order valence-corrected chi connectivity index (χ2v) is 5.22. The minimum atomic E-state index is 0.00103. The van der Waals surface area contributed by atoms with Crippen LogP contribution in [0.4, 0.5) is 5.69 Å². The molecule has 1 unspecified atom stereocenters. The van der Waals surface area contributed by atoms with Crippen LogP contribution in [0.3, 0.4) is 0 Å². The van der Waals surface area contributed by atoms with E-state index in [1.165, 1.54) is 6.92 Å². The fourth-order valence-electron chi connectivity index (χ4n) is 1.69. The van der Waals surface area contributed by atoms with Crippen LogP contribution < -0.4 is 4.90 Å². The average molecular weight is 254 g/mol. The highest BCUT2D eigenvalue weighted by atomic mass is 35.5. The van der Waals surface area contributed by atoms with Crippen LogP contribution in [0, 0.1) is 5.92 Å². The predicted molar refractivity (Wildman–Crippen MR) is 74.2 cm³/mol. The van der Waals surface area contributed by atoms with Crippen LogP contribution in [-0.2, 0) is 0 Å². The summed E-state index contributed by atoms with van der Waals surface area (Å²) in [5.74, 6) is 0.562. The summed E-state index contributed by atoms with van der Waals surface area (Å²) < 4.78 is 0. The fraction of sp³-hybridized carbons (Fsp3) is 0.500. The molecule has 3 heteroatoms. The zero-order valence-electron chi connectivity index (χ0n) is 11.1. The fourth-order valence-corrected chi connectivity index (χ4v) is 2.00. The van der Waals surface area contributed by atoms with Gasteiger partial charge in [-0.3, -0.25) is 4.79 Å². The molecule has 2 nitrogen and oxygen atoms in total. The molecular formula is C14H20ClNO. The van der Waals surface area contributed by atoms with Gasteiger partial charge in [0, 0.05) is 24.3 Å². The van der Waals surface area contributed by atoms with Gasteiger partial charge in [-0.2, -0.15) is 0 Å². The van der Waals surface area contributed by atoms with E-state index in [0.717, 1.165) is 5.69 Å². The Morgan fingerprint density at radius 1 is 1.29 bits per heavy atom. The summed E-state index contributed by atoms with van der Waals surface area (Å²) >= 11 is 6.11. The normalized spacial score (nSPS) is 12.6. The molecule has 1 atom stereocenters. The highest BCUT2D eigenvalue weighted by Gasteiger charge is 2.15. The summed E-state index contributed by atoms with van der Waals surface area (Å²) in [5.41, 5.74) is 1.63. The Hall–Kier alpha value is -1.02. The highest BCUT2D eigenvalue weighted by molar-refractivity contribution is 6.34. The van der Waals surface area contributed by atoms with Gasteiger partial charge in [-0.25, -0.2) is 0 Å². The first-order valence-corrected chi connectivity index (χ1v) is 6.25. The summed E-state index contributed by atoms with van der Waals surface area (Å²) in [4.78, 5) is 13.5. The number of anilines is 1. The largest absolute Gasteiger partial charge is 0.372 e. The van der Waals surface area contributed by atoms with E-state index in [2.05, 4.69) is 25.7 Å². The van der Waals surface area contributed by atoms with Gasteiger partial charge < -0.3 is 4.90 Å². The first kappa shape index (κ1) is 14.0. The van der Waals surface area contributed by atoms with Crippen LogP contribution in [0.15, 0.2) is 18.2 Å². The Morgan fingerprint density at radius 2 is 1.88 bits per heavy atom. The third-order valence-electron chi connectivity index (χ3n) is 3.31. The molecule has 0 aliphatic rings.